The van der Waals surface area contributed by atoms with Crippen LogP contribution in [0.5, 0.6) is 0 Å². The molecule has 2 aromatic heterocycles. The average molecular weight is 480 g/mol. The zero-order valence-electron chi connectivity index (χ0n) is 17.7. The zero-order valence-corrected chi connectivity index (χ0v) is 19.4. The lowest BCUT2D eigenvalue weighted by atomic mass is 10.2. The largest absolute Gasteiger partial charge is 0.355 e. The monoisotopic (exact) mass is 479 g/mol. The second-order valence-corrected chi connectivity index (χ2v) is 9.05. The summed E-state index contributed by atoms with van der Waals surface area (Å²) in [5.41, 5.74) is 2.43. The van der Waals surface area contributed by atoms with Gasteiger partial charge in [-0.3, -0.25) is 14.3 Å². The van der Waals surface area contributed by atoms with Crippen LogP contribution >= 0.6 is 23.5 Å². The van der Waals surface area contributed by atoms with E-state index >= 15 is 0 Å². The van der Waals surface area contributed by atoms with E-state index in [1.807, 2.05) is 53.1 Å². The van der Waals surface area contributed by atoms with Gasteiger partial charge in [-0.2, -0.15) is 11.8 Å². The van der Waals surface area contributed by atoms with Crippen molar-refractivity contribution in [2.24, 2.45) is 0 Å². The van der Waals surface area contributed by atoms with E-state index in [4.69, 9.17) is 0 Å². The van der Waals surface area contributed by atoms with Gasteiger partial charge in [-0.1, -0.05) is 48.2 Å². The van der Waals surface area contributed by atoms with Gasteiger partial charge in [0.1, 0.15) is 5.82 Å². The number of thioether (sulfide) groups is 2. The Labute approximate surface area is 200 Å². The van der Waals surface area contributed by atoms with Crippen LogP contribution in [0.25, 0.3) is 17.1 Å². The Balaban J connectivity index is 1.33. The Hall–Kier alpha value is -3.17. The van der Waals surface area contributed by atoms with Gasteiger partial charge in [-0.25, -0.2) is 4.39 Å². The summed E-state index contributed by atoms with van der Waals surface area (Å²) >= 11 is 2.91. The number of benzene rings is 2. The summed E-state index contributed by atoms with van der Waals surface area (Å²) in [5, 5.41) is 12.2. The molecule has 9 heteroatoms. The Morgan fingerprint density at radius 3 is 2.61 bits per heavy atom. The maximum Gasteiger partial charge on any atom is 0.230 e. The molecule has 1 N–H and O–H groups in total. The summed E-state index contributed by atoms with van der Waals surface area (Å²) in [6.45, 7) is 0.519. The standard InChI is InChI=1S/C24H22FN5OS2/c25-21-11-5-4-7-19(21)16-32-14-13-27-22(31)17-33-24-29-28-23(18-8-6-12-26-15-18)30(24)20-9-2-1-3-10-20/h1-12,15H,13-14,16-17H2,(H,27,31). The molecule has 0 saturated carbocycles. The fraction of sp³-hybridized carbons (Fsp3) is 0.167. The van der Waals surface area contributed by atoms with Crippen LogP contribution in [-0.2, 0) is 10.5 Å². The number of hydrogen-bond donors (Lipinski definition) is 1. The summed E-state index contributed by atoms with van der Waals surface area (Å²) in [4.78, 5) is 16.5. The van der Waals surface area contributed by atoms with Gasteiger partial charge in [0.15, 0.2) is 11.0 Å². The average Bonchev–Trinajstić information content (AvgIpc) is 3.29. The third-order valence-corrected chi connectivity index (χ3v) is 6.62. The molecule has 0 saturated heterocycles. The molecule has 0 radical (unpaired) electrons. The van der Waals surface area contributed by atoms with Gasteiger partial charge < -0.3 is 5.32 Å². The first-order chi connectivity index (χ1) is 16.2. The number of amides is 1. The highest BCUT2D eigenvalue weighted by molar-refractivity contribution is 7.99. The first-order valence-corrected chi connectivity index (χ1v) is 12.5. The quantitative estimate of drug-likeness (QED) is 0.265. The Morgan fingerprint density at radius 2 is 1.82 bits per heavy atom. The molecule has 0 fully saturated rings. The van der Waals surface area contributed by atoms with Crippen LogP contribution in [0.4, 0.5) is 4.39 Å². The molecule has 0 spiro atoms. The minimum atomic E-state index is -0.196. The number of nitrogens with one attached hydrogen (secondary N) is 1. The highest BCUT2D eigenvalue weighted by Gasteiger charge is 2.17. The normalized spacial score (nSPS) is 10.8. The number of nitrogens with zero attached hydrogens (tertiary/aromatic N) is 4. The van der Waals surface area contributed by atoms with Crippen LogP contribution in [0.1, 0.15) is 5.56 Å². The molecule has 0 atom stereocenters. The predicted molar refractivity (Wildman–Crippen MR) is 131 cm³/mol. The summed E-state index contributed by atoms with van der Waals surface area (Å²) < 4.78 is 15.6. The molecule has 2 aromatic carbocycles. The van der Waals surface area contributed by atoms with Gasteiger partial charge in [0.25, 0.3) is 0 Å². The van der Waals surface area contributed by atoms with Gasteiger partial charge in [0, 0.05) is 41.7 Å². The second kappa shape index (κ2) is 11.6. The lowest BCUT2D eigenvalue weighted by molar-refractivity contribution is -0.118. The van der Waals surface area contributed by atoms with Crippen LogP contribution in [0.2, 0.25) is 0 Å². The van der Waals surface area contributed by atoms with E-state index in [1.165, 1.54) is 17.8 Å². The van der Waals surface area contributed by atoms with Crippen LogP contribution < -0.4 is 5.32 Å². The molecular weight excluding hydrogens is 457 g/mol. The van der Waals surface area contributed by atoms with E-state index in [9.17, 15) is 9.18 Å². The van der Waals surface area contributed by atoms with Crippen molar-refractivity contribution in [1.29, 1.82) is 0 Å². The predicted octanol–water partition coefficient (Wildman–Crippen LogP) is 4.61. The lowest BCUT2D eigenvalue weighted by Gasteiger charge is -2.10. The molecule has 4 aromatic rings. The highest BCUT2D eigenvalue weighted by Crippen LogP contribution is 2.27. The van der Waals surface area contributed by atoms with Crippen LogP contribution in [0, 0.1) is 5.82 Å². The molecule has 1 amide bonds. The maximum atomic E-state index is 13.7. The van der Waals surface area contributed by atoms with Crippen LogP contribution in [0.15, 0.2) is 84.3 Å². The number of rotatable bonds is 10. The Bertz CT molecular complexity index is 1190. The molecule has 2 heterocycles. The van der Waals surface area contributed by atoms with Gasteiger partial charge >= 0.3 is 0 Å². The number of pyridine rings is 1. The van der Waals surface area contributed by atoms with Crippen LogP contribution in [-0.4, -0.2) is 43.7 Å². The number of hydrogen-bond acceptors (Lipinski definition) is 6. The first kappa shape index (κ1) is 23.0. The number of carbonyl (C=O) groups excluding carboxylic acids is 1. The summed E-state index contributed by atoms with van der Waals surface area (Å²) in [7, 11) is 0. The minimum Gasteiger partial charge on any atom is -0.355 e. The molecule has 0 bridgehead atoms. The second-order valence-electron chi connectivity index (χ2n) is 7.00. The highest BCUT2D eigenvalue weighted by atomic mass is 32.2. The summed E-state index contributed by atoms with van der Waals surface area (Å²) in [6.07, 6.45) is 3.45. The third kappa shape index (κ3) is 6.21. The van der Waals surface area contributed by atoms with Crippen molar-refractivity contribution in [3.8, 4) is 17.1 Å². The number of carbonyl (C=O) groups is 1. The fourth-order valence-corrected chi connectivity index (χ4v) is 4.72. The minimum absolute atomic E-state index is 0.0861. The summed E-state index contributed by atoms with van der Waals surface area (Å²) in [6, 6.07) is 20.3. The van der Waals surface area contributed by atoms with Crippen molar-refractivity contribution in [3.05, 3.63) is 90.5 Å². The van der Waals surface area contributed by atoms with E-state index < -0.39 is 0 Å². The molecule has 168 valence electrons. The number of para-hydroxylation sites is 1. The van der Waals surface area contributed by atoms with Crippen molar-refractivity contribution >= 4 is 29.4 Å². The van der Waals surface area contributed by atoms with E-state index in [1.54, 1.807) is 36.3 Å². The van der Waals surface area contributed by atoms with Gasteiger partial charge in [0.05, 0.1) is 5.75 Å². The maximum absolute atomic E-state index is 13.7. The molecule has 6 nitrogen and oxygen atoms in total. The Kier molecular flexibility index (Phi) is 8.10. The lowest BCUT2D eigenvalue weighted by Crippen LogP contribution is -2.27. The van der Waals surface area contributed by atoms with Gasteiger partial charge in [-0.05, 0) is 35.9 Å². The topological polar surface area (TPSA) is 72.7 Å². The molecule has 0 aliphatic carbocycles. The molecule has 33 heavy (non-hydrogen) atoms. The van der Waals surface area contributed by atoms with Gasteiger partial charge in [0.2, 0.25) is 5.91 Å². The molecule has 0 aliphatic rings. The third-order valence-electron chi connectivity index (χ3n) is 4.68. The van der Waals surface area contributed by atoms with E-state index in [2.05, 4.69) is 20.5 Å². The van der Waals surface area contributed by atoms with Crippen molar-refractivity contribution < 1.29 is 9.18 Å². The molecular formula is C24H22FN5OS2. The van der Waals surface area contributed by atoms with E-state index in [0.29, 0.717) is 34.6 Å². The smallest absolute Gasteiger partial charge is 0.230 e. The van der Waals surface area contributed by atoms with Crippen LogP contribution in [0.3, 0.4) is 0 Å². The number of halogens is 1. The Morgan fingerprint density at radius 1 is 1.00 bits per heavy atom. The van der Waals surface area contributed by atoms with Crippen molar-refractivity contribution in [3.63, 3.8) is 0 Å². The first-order valence-electron chi connectivity index (χ1n) is 10.3. The number of aromatic nitrogens is 4. The summed E-state index contributed by atoms with van der Waals surface area (Å²) in [5.74, 6) is 1.89. The van der Waals surface area contributed by atoms with E-state index in [-0.39, 0.29) is 17.5 Å². The fourth-order valence-electron chi connectivity index (χ4n) is 3.10. The zero-order chi connectivity index (χ0) is 22.9. The van der Waals surface area contributed by atoms with Crippen molar-refractivity contribution in [2.75, 3.05) is 18.1 Å². The molecule has 4 rings (SSSR count). The van der Waals surface area contributed by atoms with E-state index in [0.717, 1.165) is 11.3 Å². The van der Waals surface area contributed by atoms with Crippen molar-refractivity contribution in [2.45, 2.75) is 10.9 Å². The molecule has 0 unspecified atom stereocenters. The van der Waals surface area contributed by atoms with Gasteiger partial charge in [-0.15, -0.1) is 10.2 Å². The SMILES string of the molecule is O=C(CSc1nnc(-c2cccnc2)n1-c1ccccc1)NCCSCc1ccccc1F. The van der Waals surface area contributed by atoms with Crippen molar-refractivity contribution in [1.82, 2.24) is 25.1 Å². The molecule has 0 aliphatic heterocycles.